The summed E-state index contributed by atoms with van der Waals surface area (Å²) in [6.45, 7) is 6.96. The molecule has 7 nitrogen and oxygen atoms in total. The lowest BCUT2D eigenvalue weighted by Crippen LogP contribution is -2.53. The predicted octanol–water partition coefficient (Wildman–Crippen LogP) is 6.22. The standard InChI is InChI=1S/C30H35Cl2N3O4S/c1-5-22(4)33-30(37)27(6-2)34(19-23-12-8-9-13-26(23)32)29(36)20-35(28-14-10-7-11-21(28)3)40(38,39)25-17-15-24(31)16-18-25/h7-18,22,27H,5-6,19-20H2,1-4H3,(H,33,37). The van der Waals surface area contributed by atoms with E-state index in [1.807, 2.05) is 20.8 Å². The number of hydrogen-bond acceptors (Lipinski definition) is 4. The van der Waals surface area contributed by atoms with Gasteiger partial charge in [0.25, 0.3) is 10.0 Å². The fraction of sp³-hybridized carbons (Fsp3) is 0.333. The van der Waals surface area contributed by atoms with Crippen molar-refractivity contribution in [1.29, 1.82) is 0 Å². The molecule has 0 spiro atoms. The highest BCUT2D eigenvalue weighted by Crippen LogP contribution is 2.28. The quantitative estimate of drug-likeness (QED) is 0.266. The van der Waals surface area contributed by atoms with Gasteiger partial charge >= 0.3 is 0 Å². The molecule has 0 aliphatic heterocycles. The maximum atomic E-state index is 14.1. The molecule has 0 radical (unpaired) electrons. The van der Waals surface area contributed by atoms with Crippen LogP contribution >= 0.6 is 23.2 Å². The second-order valence-electron chi connectivity index (χ2n) is 9.61. The highest BCUT2D eigenvalue weighted by atomic mass is 35.5. The number of carbonyl (C=O) groups is 2. The molecule has 2 amide bonds. The molecule has 0 saturated heterocycles. The smallest absolute Gasteiger partial charge is 0.264 e. The number of hydrogen-bond donors (Lipinski definition) is 1. The minimum atomic E-state index is -4.18. The van der Waals surface area contributed by atoms with Crippen LogP contribution in [0.2, 0.25) is 10.0 Å². The number of carbonyl (C=O) groups excluding carboxylic acids is 2. The third kappa shape index (κ3) is 7.56. The zero-order valence-electron chi connectivity index (χ0n) is 23.1. The average Bonchev–Trinajstić information content (AvgIpc) is 2.93. The van der Waals surface area contributed by atoms with Gasteiger partial charge in [0.15, 0.2) is 0 Å². The van der Waals surface area contributed by atoms with E-state index in [1.165, 1.54) is 29.2 Å². The molecule has 0 aliphatic rings. The Balaban J connectivity index is 2.08. The van der Waals surface area contributed by atoms with Crippen molar-refractivity contribution in [2.45, 2.75) is 64.1 Å². The molecule has 0 aliphatic carbocycles. The van der Waals surface area contributed by atoms with Gasteiger partial charge in [0.2, 0.25) is 11.8 Å². The fourth-order valence-corrected chi connectivity index (χ4v) is 6.06. The predicted molar refractivity (Wildman–Crippen MR) is 161 cm³/mol. The van der Waals surface area contributed by atoms with Crippen LogP contribution in [0.15, 0.2) is 77.7 Å². The molecular formula is C30H35Cl2N3O4S. The zero-order valence-corrected chi connectivity index (χ0v) is 25.4. The topological polar surface area (TPSA) is 86.8 Å². The van der Waals surface area contributed by atoms with Gasteiger partial charge in [-0.15, -0.1) is 0 Å². The summed E-state index contributed by atoms with van der Waals surface area (Å²) in [6, 6.07) is 18.9. The van der Waals surface area contributed by atoms with Crippen LogP contribution in [0, 0.1) is 6.92 Å². The minimum absolute atomic E-state index is 0.00726. The van der Waals surface area contributed by atoms with Crippen LogP contribution < -0.4 is 9.62 Å². The van der Waals surface area contributed by atoms with Crippen molar-refractivity contribution in [2.75, 3.05) is 10.8 Å². The molecule has 2 unspecified atom stereocenters. The van der Waals surface area contributed by atoms with E-state index in [4.69, 9.17) is 23.2 Å². The number of sulfonamides is 1. The molecule has 214 valence electrons. The van der Waals surface area contributed by atoms with Crippen LogP contribution in [0.25, 0.3) is 0 Å². The summed E-state index contributed by atoms with van der Waals surface area (Å²) in [4.78, 5) is 28.9. The molecule has 0 bridgehead atoms. The number of rotatable bonds is 12. The van der Waals surface area contributed by atoms with Crippen LogP contribution in [0.4, 0.5) is 5.69 Å². The van der Waals surface area contributed by atoms with E-state index >= 15 is 0 Å². The van der Waals surface area contributed by atoms with Gasteiger partial charge in [-0.25, -0.2) is 8.42 Å². The van der Waals surface area contributed by atoms with Gasteiger partial charge in [0.05, 0.1) is 10.6 Å². The van der Waals surface area contributed by atoms with Crippen molar-refractivity contribution in [3.8, 4) is 0 Å². The lowest BCUT2D eigenvalue weighted by molar-refractivity contribution is -0.140. The third-order valence-electron chi connectivity index (χ3n) is 6.75. The third-order valence-corrected chi connectivity index (χ3v) is 9.14. The number of benzene rings is 3. The average molecular weight is 605 g/mol. The van der Waals surface area contributed by atoms with Crippen LogP contribution in [0.5, 0.6) is 0 Å². The van der Waals surface area contributed by atoms with E-state index in [-0.39, 0.29) is 23.4 Å². The Bertz CT molecular complexity index is 1430. The summed E-state index contributed by atoms with van der Waals surface area (Å²) in [5, 5.41) is 3.80. The highest BCUT2D eigenvalue weighted by molar-refractivity contribution is 7.92. The van der Waals surface area contributed by atoms with Gasteiger partial charge < -0.3 is 10.2 Å². The number of nitrogens with one attached hydrogen (secondary N) is 1. The van der Waals surface area contributed by atoms with Crippen LogP contribution in [-0.2, 0) is 26.2 Å². The molecule has 0 heterocycles. The first-order valence-corrected chi connectivity index (χ1v) is 15.4. The number of halogens is 2. The second kappa shape index (κ2) is 14.0. The van der Waals surface area contributed by atoms with Crippen LogP contribution in [-0.4, -0.2) is 43.8 Å². The van der Waals surface area contributed by atoms with E-state index in [2.05, 4.69) is 5.32 Å². The van der Waals surface area contributed by atoms with Gasteiger partial charge in [-0.05, 0) is 74.2 Å². The number of amides is 2. The van der Waals surface area contributed by atoms with Crippen LogP contribution in [0.1, 0.15) is 44.7 Å². The summed E-state index contributed by atoms with van der Waals surface area (Å²) >= 11 is 12.4. The second-order valence-corrected chi connectivity index (χ2v) is 12.3. The van der Waals surface area contributed by atoms with Gasteiger partial charge in [-0.1, -0.05) is 73.4 Å². The van der Waals surface area contributed by atoms with E-state index in [0.717, 1.165) is 10.7 Å². The molecule has 40 heavy (non-hydrogen) atoms. The lowest BCUT2D eigenvalue weighted by atomic mass is 10.1. The fourth-order valence-electron chi connectivity index (χ4n) is 4.26. The molecule has 3 rings (SSSR count). The van der Waals surface area contributed by atoms with Crippen molar-refractivity contribution < 1.29 is 18.0 Å². The molecule has 1 N–H and O–H groups in total. The Kier molecular flexibility index (Phi) is 11.0. The van der Waals surface area contributed by atoms with E-state index < -0.39 is 28.5 Å². The molecule has 3 aromatic rings. The van der Waals surface area contributed by atoms with Crippen LogP contribution in [0.3, 0.4) is 0 Å². The van der Waals surface area contributed by atoms with Crippen molar-refractivity contribution >= 4 is 50.7 Å². The normalized spacial score (nSPS) is 12.8. The highest BCUT2D eigenvalue weighted by Gasteiger charge is 2.34. The Morgan fingerprint density at radius 1 is 0.900 bits per heavy atom. The molecular weight excluding hydrogens is 569 g/mol. The van der Waals surface area contributed by atoms with E-state index in [0.29, 0.717) is 33.3 Å². The van der Waals surface area contributed by atoms with Gasteiger partial charge in [-0.2, -0.15) is 0 Å². The monoisotopic (exact) mass is 603 g/mol. The number of anilines is 1. The van der Waals surface area contributed by atoms with Crippen molar-refractivity contribution in [3.05, 3.63) is 94.0 Å². The maximum absolute atomic E-state index is 14.1. The van der Waals surface area contributed by atoms with Crippen molar-refractivity contribution in [3.63, 3.8) is 0 Å². The maximum Gasteiger partial charge on any atom is 0.264 e. The number of aryl methyl sites for hydroxylation is 1. The summed E-state index contributed by atoms with van der Waals surface area (Å²) in [5.74, 6) is -0.841. The molecule has 2 atom stereocenters. The van der Waals surface area contributed by atoms with Gasteiger partial charge in [0, 0.05) is 22.6 Å². The molecule has 0 saturated carbocycles. The van der Waals surface area contributed by atoms with E-state index in [9.17, 15) is 18.0 Å². The summed E-state index contributed by atoms with van der Waals surface area (Å²) in [5.41, 5.74) is 1.68. The first kappa shape index (κ1) is 31.5. The SMILES string of the molecule is CCC(C)NC(=O)C(CC)N(Cc1ccccc1Cl)C(=O)CN(c1ccccc1C)S(=O)(=O)c1ccc(Cl)cc1. The summed E-state index contributed by atoms with van der Waals surface area (Å²) < 4.78 is 29.0. The summed E-state index contributed by atoms with van der Waals surface area (Å²) in [7, 11) is -4.18. The largest absolute Gasteiger partial charge is 0.352 e. The van der Waals surface area contributed by atoms with Crippen molar-refractivity contribution in [1.82, 2.24) is 10.2 Å². The first-order valence-electron chi connectivity index (χ1n) is 13.2. The number of para-hydroxylation sites is 1. The molecule has 0 fully saturated rings. The van der Waals surface area contributed by atoms with Crippen molar-refractivity contribution in [2.24, 2.45) is 0 Å². The minimum Gasteiger partial charge on any atom is -0.352 e. The van der Waals surface area contributed by atoms with Gasteiger partial charge in [0.1, 0.15) is 12.6 Å². The lowest BCUT2D eigenvalue weighted by Gasteiger charge is -2.34. The van der Waals surface area contributed by atoms with E-state index in [1.54, 1.807) is 55.5 Å². The molecule has 3 aromatic carbocycles. The Morgan fingerprint density at radius 2 is 1.52 bits per heavy atom. The zero-order chi connectivity index (χ0) is 29.4. The Morgan fingerprint density at radius 3 is 2.12 bits per heavy atom. The Labute approximate surface area is 247 Å². The Hall–Kier alpha value is -3.07. The number of nitrogens with zero attached hydrogens (tertiary/aromatic N) is 2. The first-order chi connectivity index (χ1) is 19.0. The molecule has 0 aromatic heterocycles. The summed E-state index contributed by atoms with van der Waals surface area (Å²) in [6.07, 6.45) is 1.05. The van der Waals surface area contributed by atoms with Gasteiger partial charge in [-0.3, -0.25) is 13.9 Å². The molecule has 10 heteroatoms.